The SMILES string of the molecule is CC1CNC(C)(C2CC2)CN1C12CC3CC(CC(C3)C1)C2. The summed E-state index contributed by atoms with van der Waals surface area (Å²) in [4.78, 5) is 3.02. The molecule has 2 nitrogen and oxygen atoms in total. The van der Waals surface area contributed by atoms with Crippen LogP contribution in [0, 0.1) is 23.7 Å². The van der Waals surface area contributed by atoms with E-state index in [1.807, 2.05) is 0 Å². The van der Waals surface area contributed by atoms with Crippen molar-refractivity contribution in [1.29, 1.82) is 0 Å². The Balaban J connectivity index is 1.45. The Morgan fingerprint density at radius 2 is 1.52 bits per heavy atom. The average molecular weight is 288 g/mol. The summed E-state index contributed by atoms with van der Waals surface area (Å²) in [5.41, 5.74) is 1.02. The second-order valence-corrected chi connectivity index (χ2v) is 9.69. The lowest BCUT2D eigenvalue weighted by molar-refractivity contribution is -0.121. The molecule has 2 unspecified atom stereocenters. The quantitative estimate of drug-likeness (QED) is 0.837. The summed E-state index contributed by atoms with van der Waals surface area (Å²) in [6, 6.07) is 0.744. The van der Waals surface area contributed by atoms with E-state index < -0.39 is 0 Å². The van der Waals surface area contributed by atoms with Gasteiger partial charge in [0, 0.05) is 30.2 Å². The second-order valence-electron chi connectivity index (χ2n) is 9.69. The van der Waals surface area contributed by atoms with Crippen LogP contribution < -0.4 is 5.32 Å². The van der Waals surface area contributed by atoms with Gasteiger partial charge in [0.05, 0.1) is 0 Å². The van der Waals surface area contributed by atoms with Gasteiger partial charge in [0.2, 0.25) is 0 Å². The molecule has 118 valence electrons. The molecule has 1 saturated heterocycles. The summed E-state index contributed by atoms with van der Waals surface area (Å²) in [5.74, 6) is 4.18. The van der Waals surface area contributed by atoms with Crippen molar-refractivity contribution in [3.63, 3.8) is 0 Å². The minimum atomic E-state index is 0.413. The molecule has 0 radical (unpaired) electrons. The summed E-state index contributed by atoms with van der Waals surface area (Å²) in [5, 5.41) is 3.93. The van der Waals surface area contributed by atoms with E-state index in [4.69, 9.17) is 0 Å². The van der Waals surface area contributed by atoms with E-state index in [0.29, 0.717) is 11.1 Å². The number of hydrogen-bond donors (Lipinski definition) is 1. The van der Waals surface area contributed by atoms with Crippen LogP contribution in [0.25, 0.3) is 0 Å². The Hall–Kier alpha value is -0.0800. The molecule has 5 aliphatic carbocycles. The van der Waals surface area contributed by atoms with Crippen LogP contribution in [0.1, 0.15) is 65.2 Å². The van der Waals surface area contributed by atoms with Gasteiger partial charge in [-0.05, 0) is 88.9 Å². The average Bonchev–Trinajstić information content (AvgIpc) is 3.25. The molecule has 6 aliphatic rings. The molecule has 1 heterocycles. The number of piperazine rings is 1. The molecule has 0 aromatic carbocycles. The van der Waals surface area contributed by atoms with E-state index in [0.717, 1.165) is 29.7 Å². The number of rotatable bonds is 2. The lowest BCUT2D eigenvalue weighted by Crippen LogP contribution is -2.71. The zero-order chi connectivity index (χ0) is 14.2. The fourth-order valence-corrected chi connectivity index (χ4v) is 7.10. The molecular formula is C19H32N2. The molecule has 2 heteroatoms. The van der Waals surface area contributed by atoms with Gasteiger partial charge in [0.15, 0.2) is 0 Å². The Morgan fingerprint density at radius 3 is 2.05 bits per heavy atom. The van der Waals surface area contributed by atoms with Gasteiger partial charge in [-0.3, -0.25) is 4.90 Å². The second kappa shape index (κ2) is 4.26. The van der Waals surface area contributed by atoms with E-state index in [1.54, 1.807) is 19.3 Å². The van der Waals surface area contributed by atoms with Crippen LogP contribution in [-0.4, -0.2) is 35.1 Å². The number of nitrogens with one attached hydrogen (secondary N) is 1. The maximum atomic E-state index is 3.93. The normalized spacial score (nSPS) is 56.9. The smallest absolute Gasteiger partial charge is 0.0309 e. The highest BCUT2D eigenvalue weighted by molar-refractivity contribution is 5.13. The fraction of sp³-hybridized carbons (Fsp3) is 1.00. The highest BCUT2D eigenvalue weighted by Gasteiger charge is 2.57. The van der Waals surface area contributed by atoms with E-state index in [1.165, 1.54) is 45.2 Å². The van der Waals surface area contributed by atoms with Gasteiger partial charge >= 0.3 is 0 Å². The van der Waals surface area contributed by atoms with Crippen molar-refractivity contribution in [2.45, 2.75) is 82.3 Å². The lowest BCUT2D eigenvalue weighted by Gasteiger charge is -2.64. The maximum absolute atomic E-state index is 3.93. The van der Waals surface area contributed by atoms with Crippen LogP contribution in [0.2, 0.25) is 0 Å². The zero-order valence-electron chi connectivity index (χ0n) is 13.9. The molecule has 0 aromatic heterocycles. The molecule has 1 aliphatic heterocycles. The predicted molar refractivity (Wildman–Crippen MR) is 86.2 cm³/mol. The van der Waals surface area contributed by atoms with Crippen molar-refractivity contribution < 1.29 is 0 Å². The van der Waals surface area contributed by atoms with Crippen LogP contribution >= 0.6 is 0 Å². The number of hydrogen-bond acceptors (Lipinski definition) is 2. The highest BCUT2D eigenvalue weighted by atomic mass is 15.3. The maximum Gasteiger partial charge on any atom is 0.0309 e. The van der Waals surface area contributed by atoms with Crippen LogP contribution in [0.5, 0.6) is 0 Å². The van der Waals surface area contributed by atoms with Gasteiger partial charge in [-0.2, -0.15) is 0 Å². The standard InChI is InChI=1S/C19H32N2/c1-13-11-20-18(2,17-3-4-17)12-21(13)19-8-14-5-15(9-19)7-16(6-14)10-19/h13-17,20H,3-12H2,1-2H3. The summed E-state index contributed by atoms with van der Waals surface area (Å²) >= 11 is 0. The van der Waals surface area contributed by atoms with Gasteiger partial charge in [-0.15, -0.1) is 0 Å². The third-order valence-electron chi connectivity index (χ3n) is 7.93. The first-order valence-corrected chi connectivity index (χ1v) is 9.58. The first-order valence-electron chi connectivity index (χ1n) is 9.58. The summed E-state index contributed by atoms with van der Waals surface area (Å²) < 4.78 is 0. The van der Waals surface area contributed by atoms with Crippen LogP contribution in [0.15, 0.2) is 0 Å². The Morgan fingerprint density at radius 1 is 0.952 bits per heavy atom. The topological polar surface area (TPSA) is 15.3 Å². The first-order chi connectivity index (χ1) is 10.1. The third-order valence-corrected chi connectivity index (χ3v) is 7.93. The lowest BCUT2D eigenvalue weighted by atomic mass is 9.52. The Kier molecular flexibility index (Phi) is 2.71. The summed E-state index contributed by atoms with van der Waals surface area (Å²) in [7, 11) is 0. The molecule has 0 aromatic rings. The highest BCUT2D eigenvalue weighted by Crippen LogP contribution is 2.59. The molecule has 2 atom stereocenters. The van der Waals surface area contributed by atoms with E-state index in [2.05, 4.69) is 24.1 Å². The molecule has 4 bridgehead atoms. The van der Waals surface area contributed by atoms with Crippen LogP contribution in [0.3, 0.4) is 0 Å². The molecule has 5 saturated carbocycles. The molecule has 0 spiro atoms. The van der Waals surface area contributed by atoms with Gasteiger partial charge < -0.3 is 5.32 Å². The third kappa shape index (κ3) is 1.97. The largest absolute Gasteiger partial charge is 0.308 e. The van der Waals surface area contributed by atoms with Gasteiger partial charge in [0.25, 0.3) is 0 Å². The summed E-state index contributed by atoms with van der Waals surface area (Å²) in [6.07, 6.45) is 12.2. The fourth-order valence-electron chi connectivity index (χ4n) is 7.10. The number of nitrogens with zero attached hydrogens (tertiary/aromatic N) is 1. The summed E-state index contributed by atoms with van der Waals surface area (Å²) in [6.45, 7) is 7.54. The molecule has 6 rings (SSSR count). The van der Waals surface area contributed by atoms with E-state index in [-0.39, 0.29) is 0 Å². The molecule has 0 amide bonds. The molecule has 6 fully saturated rings. The van der Waals surface area contributed by atoms with Gasteiger partial charge in [-0.25, -0.2) is 0 Å². The van der Waals surface area contributed by atoms with Crippen LogP contribution in [-0.2, 0) is 0 Å². The van der Waals surface area contributed by atoms with Gasteiger partial charge in [-0.1, -0.05) is 0 Å². The first kappa shape index (κ1) is 13.4. The molecular weight excluding hydrogens is 256 g/mol. The van der Waals surface area contributed by atoms with E-state index >= 15 is 0 Å². The van der Waals surface area contributed by atoms with Crippen molar-refractivity contribution in [3.05, 3.63) is 0 Å². The molecule has 21 heavy (non-hydrogen) atoms. The van der Waals surface area contributed by atoms with Crippen molar-refractivity contribution in [2.75, 3.05) is 13.1 Å². The van der Waals surface area contributed by atoms with Crippen molar-refractivity contribution >= 4 is 0 Å². The van der Waals surface area contributed by atoms with Crippen molar-refractivity contribution in [2.24, 2.45) is 23.7 Å². The van der Waals surface area contributed by atoms with E-state index in [9.17, 15) is 0 Å². The predicted octanol–water partition coefficient (Wildman–Crippen LogP) is 3.42. The van der Waals surface area contributed by atoms with Crippen molar-refractivity contribution in [3.8, 4) is 0 Å². The zero-order valence-corrected chi connectivity index (χ0v) is 13.9. The Labute approximate surface area is 130 Å². The molecule has 1 N–H and O–H groups in total. The van der Waals surface area contributed by atoms with Gasteiger partial charge in [0.1, 0.15) is 0 Å². The van der Waals surface area contributed by atoms with Crippen molar-refractivity contribution in [1.82, 2.24) is 10.2 Å². The minimum Gasteiger partial charge on any atom is -0.308 e. The Bertz CT molecular complexity index is 406. The van der Waals surface area contributed by atoms with Crippen LogP contribution in [0.4, 0.5) is 0 Å². The minimum absolute atomic E-state index is 0.413. The monoisotopic (exact) mass is 288 g/mol.